The first-order valence-electron chi connectivity index (χ1n) is 10.4. The van der Waals surface area contributed by atoms with Gasteiger partial charge in [0, 0.05) is 32.4 Å². The van der Waals surface area contributed by atoms with Crippen LogP contribution < -0.4 is 10.2 Å². The number of aromatic amines is 1. The van der Waals surface area contributed by atoms with Crippen molar-refractivity contribution >= 4 is 23.1 Å². The van der Waals surface area contributed by atoms with Crippen LogP contribution in [0.5, 0.6) is 0 Å². The van der Waals surface area contributed by atoms with Gasteiger partial charge in [-0.15, -0.1) is 0 Å². The highest BCUT2D eigenvalue weighted by atomic mass is 19.3. The van der Waals surface area contributed by atoms with Crippen molar-refractivity contribution in [3.05, 3.63) is 35.9 Å². The maximum absolute atomic E-state index is 13.0. The fourth-order valence-corrected chi connectivity index (χ4v) is 4.59. The van der Waals surface area contributed by atoms with Gasteiger partial charge < -0.3 is 15.1 Å². The third kappa shape index (κ3) is 3.73. The first-order chi connectivity index (χ1) is 15.0. The number of anilines is 2. The van der Waals surface area contributed by atoms with Gasteiger partial charge in [0.25, 0.3) is 12.3 Å². The van der Waals surface area contributed by atoms with Crippen LogP contribution in [-0.2, 0) is 0 Å². The minimum atomic E-state index is -2.77. The van der Waals surface area contributed by atoms with E-state index in [-0.39, 0.29) is 11.3 Å². The molecule has 11 heteroatoms. The van der Waals surface area contributed by atoms with Gasteiger partial charge in [-0.1, -0.05) is 0 Å². The van der Waals surface area contributed by atoms with Crippen LogP contribution in [0.25, 0.3) is 5.65 Å². The molecular weight excluding hydrogens is 406 g/mol. The minimum Gasteiger partial charge on any atom is -0.356 e. The summed E-state index contributed by atoms with van der Waals surface area (Å²) in [5.41, 5.74) is 0.119. The van der Waals surface area contributed by atoms with Gasteiger partial charge >= 0.3 is 0 Å². The average molecular weight is 430 g/mol. The summed E-state index contributed by atoms with van der Waals surface area (Å²) in [5.74, 6) is 1.79. The average Bonchev–Trinajstić information content (AvgIpc) is 3.38. The standard InChI is InChI=1S/C20H24F2N8O/c1-28-10-13(11-28)12-2-5-29(6-3-12)16-4-7-30-19(26-16)14(8-24-30)20(31)25-15-9-23-27-17(15)18(21)22/h4,7-9,12-13,18H,2-3,5-6,10-11H2,1H3,(H,23,27)(H,25,31). The molecule has 0 aromatic carbocycles. The van der Waals surface area contributed by atoms with Crippen molar-refractivity contribution in [3.8, 4) is 0 Å². The molecule has 0 bridgehead atoms. The number of hydrogen-bond donors (Lipinski definition) is 2. The minimum absolute atomic E-state index is 0.0563. The van der Waals surface area contributed by atoms with Crippen LogP contribution in [-0.4, -0.2) is 68.8 Å². The highest BCUT2D eigenvalue weighted by molar-refractivity contribution is 6.08. The summed E-state index contributed by atoms with van der Waals surface area (Å²) in [4.78, 5) is 22.0. The largest absolute Gasteiger partial charge is 0.356 e. The quantitative estimate of drug-likeness (QED) is 0.646. The summed E-state index contributed by atoms with van der Waals surface area (Å²) in [7, 11) is 2.16. The van der Waals surface area contributed by atoms with E-state index < -0.39 is 18.0 Å². The molecule has 2 N–H and O–H groups in total. The third-order valence-electron chi connectivity index (χ3n) is 6.36. The fourth-order valence-electron chi connectivity index (χ4n) is 4.59. The van der Waals surface area contributed by atoms with E-state index in [1.165, 1.54) is 23.8 Å². The summed E-state index contributed by atoms with van der Waals surface area (Å²) >= 11 is 0. The second-order valence-electron chi connectivity index (χ2n) is 8.37. The third-order valence-corrected chi connectivity index (χ3v) is 6.36. The molecule has 164 valence electrons. The van der Waals surface area contributed by atoms with Gasteiger partial charge in [0.2, 0.25) is 0 Å². The van der Waals surface area contributed by atoms with Gasteiger partial charge in [0.05, 0.1) is 18.1 Å². The van der Waals surface area contributed by atoms with E-state index in [0.29, 0.717) is 5.65 Å². The lowest BCUT2D eigenvalue weighted by Crippen LogP contribution is -2.50. The number of nitrogens with one attached hydrogen (secondary N) is 2. The molecule has 1 amide bonds. The molecule has 0 radical (unpaired) electrons. The van der Waals surface area contributed by atoms with Gasteiger partial charge in [0.15, 0.2) is 5.65 Å². The smallest absolute Gasteiger partial charge is 0.281 e. The zero-order chi connectivity index (χ0) is 21.5. The Morgan fingerprint density at radius 2 is 2.00 bits per heavy atom. The van der Waals surface area contributed by atoms with Crippen LogP contribution in [0.2, 0.25) is 0 Å². The number of hydrogen-bond acceptors (Lipinski definition) is 6. The molecule has 2 aliphatic rings. The summed E-state index contributed by atoms with van der Waals surface area (Å²) in [6.07, 6.45) is 3.82. The number of aromatic nitrogens is 5. The van der Waals surface area contributed by atoms with Crippen molar-refractivity contribution in [1.29, 1.82) is 0 Å². The molecule has 0 aliphatic carbocycles. The van der Waals surface area contributed by atoms with Crippen molar-refractivity contribution in [1.82, 2.24) is 29.7 Å². The van der Waals surface area contributed by atoms with Gasteiger partial charge in [-0.3, -0.25) is 9.89 Å². The molecule has 2 fully saturated rings. The van der Waals surface area contributed by atoms with E-state index in [1.807, 2.05) is 6.07 Å². The fraction of sp³-hybridized carbons (Fsp3) is 0.500. The van der Waals surface area contributed by atoms with Crippen molar-refractivity contribution < 1.29 is 13.6 Å². The van der Waals surface area contributed by atoms with Crippen LogP contribution >= 0.6 is 0 Å². The second kappa shape index (κ2) is 7.88. The van der Waals surface area contributed by atoms with Gasteiger partial charge in [-0.2, -0.15) is 10.2 Å². The van der Waals surface area contributed by atoms with Crippen molar-refractivity contribution in [2.24, 2.45) is 11.8 Å². The molecule has 3 aromatic rings. The Bertz CT molecular complexity index is 1080. The van der Waals surface area contributed by atoms with E-state index in [2.05, 4.69) is 42.4 Å². The zero-order valence-corrected chi connectivity index (χ0v) is 17.1. The van der Waals surface area contributed by atoms with E-state index in [1.54, 1.807) is 6.20 Å². The summed E-state index contributed by atoms with van der Waals surface area (Å²) in [6.45, 7) is 4.23. The van der Waals surface area contributed by atoms with Crippen LogP contribution in [0.3, 0.4) is 0 Å². The van der Waals surface area contributed by atoms with E-state index in [9.17, 15) is 13.6 Å². The normalized spacial score (nSPS) is 18.6. The van der Waals surface area contributed by atoms with Crippen LogP contribution in [0.15, 0.2) is 24.7 Å². The number of carbonyl (C=O) groups excluding carboxylic acids is 1. The van der Waals surface area contributed by atoms with E-state index in [0.717, 1.165) is 49.8 Å². The Morgan fingerprint density at radius 1 is 1.23 bits per heavy atom. The highest BCUT2D eigenvalue weighted by Crippen LogP contribution is 2.32. The lowest BCUT2D eigenvalue weighted by molar-refractivity contribution is 0.0713. The Balaban J connectivity index is 1.32. The second-order valence-corrected chi connectivity index (χ2v) is 8.37. The maximum atomic E-state index is 13.0. The molecular formula is C20H24F2N8O. The highest BCUT2D eigenvalue weighted by Gasteiger charge is 2.33. The number of rotatable bonds is 5. The molecule has 3 aromatic heterocycles. The number of fused-ring (bicyclic) bond motifs is 1. The molecule has 5 rings (SSSR count). The number of amides is 1. The van der Waals surface area contributed by atoms with E-state index in [4.69, 9.17) is 0 Å². The molecule has 0 spiro atoms. The summed E-state index contributed by atoms with van der Waals surface area (Å²) in [5, 5.41) is 12.4. The predicted molar refractivity (Wildman–Crippen MR) is 110 cm³/mol. The van der Waals surface area contributed by atoms with Crippen molar-refractivity contribution in [2.75, 3.05) is 43.4 Å². The Hall–Kier alpha value is -3.08. The number of carbonyl (C=O) groups is 1. The molecule has 31 heavy (non-hydrogen) atoms. The molecule has 2 saturated heterocycles. The number of likely N-dealkylation sites (tertiary alicyclic amines) is 1. The Morgan fingerprint density at radius 3 is 2.71 bits per heavy atom. The molecule has 0 saturated carbocycles. The Kier molecular flexibility index (Phi) is 5.05. The number of piperidine rings is 1. The van der Waals surface area contributed by atoms with Crippen LogP contribution in [0.4, 0.5) is 20.3 Å². The first-order valence-corrected chi connectivity index (χ1v) is 10.4. The van der Waals surface area contributed by atoms with Crippen LogP contribution in [0, 0.1) is 11.8 Å². The molecule has 9 nitrogen and oxygen atoms in total. The lowest BCUT2D eigenvalue weighted by atomic mass is 9.80. The van der Waals surface area contributed by atoms with Gasteiger partial charge in [0.1, 0.15) is 17.1 Å². The predicted octanol–water partition coefficient (Wildman–Crippen LogP) is 2.42. The monoisotopic (exact) mass is 430 g/mol. The number of nitrogens with zero attached hydrogens (tertiary/aromatic N) is 6. The van der Waals surface area contributed by atoms with Crippen molar-refractivity contribution in [2.45, 2.75) is 19.3 Å². The first kappa shape index (κ1) is 19.9. The lowest BCUT2D eigenvalue weighted by Gasteiger charge is -2.44. The number of halogens is 2. The SMILES string of the molecule is CN1CC(C2CCN(c3ccn4ncc(C(=O)Nc5cn[nH]c5C(F)F)c4n3)CC2)C1. The Labute approximate surface area is 177 Å². The van der Waals surface area contributed by atoms with Gasteiger partial charge in [-0.05, 0) is 37.8 Å². The van der Waals surface area contributed by atoms with E-state index >= 15 is 0 Å². The molecule has 5 heterocycles. The molecule has 0 atom stereocenters. The van der Waals surface area contributed by atoms with Crippen molar-refractivity contribution in [3.63, 3.8) is 0 Å². The van der Waals surface area contributed by atoms with Gasteiger partial charge in [-0.25, -0.2) is 18.3 Å². The number of H-pyrrole nitrogens is 1. The summed E-state index contributed by atoms with van der Waals surface area (Å²) < 4.78 is 27.6. The molecule has 0 unspecified atom stereocenters. The zero-order valence-electron chi connectivity index (χ0n) is 17.1. The molecule has 2 aliphatic heterocycles. The topological polar surface area (TPSA) is 94.5 Å². The number of alkyl halides is 2. The maximum Gasteiger partial charge on any atom is 0.281 e. The van der Waals surface area contributed by atoms with Crippen LogP contribution in [0.1, 0.15) is 35.3 Å². The summed E-state index contributed by atoms with van der Waals surface area (Å²) in [6, 6.07) is 1.89.